The van der Waals surface area contributed by atoms with E-state index in [9.17, 15) is 14.7 Å². The standard InChI is InChI=1S/C15H27N3O3/c1-15(2,13(19)20)11-4-3-7-18(10-11)14(21)17-8-5-12(16)6-9-17/h11-12H,3-10,16H2,1-2H3,(H,19,20). The van der Waals surface area contributed by atoms with Crippen LogP contribution in [0.25, 0.3) is 0 Å². The van der Waals surface area contributed by atoms with Crippen molar-refractivity contribution in [3.05, 3.63) is 0 Å². The molecule has 2 amide bonds. The second-order valence-electron chi connectivity index (χ2n) is 6.92. The Morgan fingerprint density at radius 2 is 1.71 bits per heavy atom. The monoisotopic (exact) mass is 297 g/mol. The van der Waals surface area contributed by atoms with Crippen molar-refractivity contribution in [3.63, 3.8) is 0 Å². The first-order valence-corrected chi connectivity index (χ1v) is 7.85. The lowest BCUT2D eigenvalue weighted by molar-refractivity contribution is -0.151. The number of rotatable bonds is 2. The molecule has 21 heavy (non-hydrogen) atoms. The summed E-state index contributed by atoms with van der Waals surface area (Å²) in [6, 6.07) is 0.252. The van der Waals surface area contributed by atoms with Crippen molar-refractivity contribution in [3.8, 4) is 0 Å². The fourth-order valence-electron chi connectivity index (χ4n) is 3.21. The second kappa shape index (κ2) is 6.22. The molecule has 0 aromatic rings. The van der Waals surface area contributed by atoms with Gasteiger partial charge in [0.25, 0.3) is 0 Å². The van der Waals surface area contributed by atoms with E-state index in [0.29, 0.717) is 19.6 Å². The fourth-order valence-corrected chi connectivity index (χ4v) is 3.21. The zero-order valence-corrected chi connectivity index (χ0v) is 13.0. The number of amides is 2. The minimum absolute atomic E-state index is 0.0137. The Labute approximate surface area is 126 Å². The van der Waals surface area contributed by atoms with Gasteiger partial charge in [0.05, 0.1) is 5.41 Å². The number of likely N-dealkylation sites (tertiary alicyclic amines) is 2. The Hall–Kier alpha value is -1.30. The highest BCUT2D eigenvalue weighted by molar-refractivity contribution is 5.76. The number of nitrogens with two attached hydrogens (primary N) is 1. The van der Waals surface area contributed by atoms with Gasteiger partial charge >= 0.3 is 12.0 Å². The van der Waals surface area contributed by atoms with Crippen LogP contribution in [-0.2, 0) is 4.79 Å². The summed E-state index contributed by atoms with van der Waals surface area (Å²) in [5.74, 6) is -0.773. The quantitative estimate of drug-likeness (QED) is 0.805. The number of urea groups is 1. The predicted octanol–water partition coefficient (Wildman–Crippen LogP) is 1.35. The molecule has 0 aliphatic carbocycles. The first-order chi connectivity index (χ1) is 9.82. The first-order valence-electron chi connectivity index (χ1n) is 7.85. The third-order valence-corrected chi connectivity index (χ3v) is 5.07. The second-order valence-corrected chi connectivity index (χ2v) is 6.92. The molecule has 0 aromatic heterocycles. The molecule has 0 radical (unpaired) electrons. The SMILES string of the molecule is CC(C)(C(=O)O)C1CCCN(C(=O)N2CCC(N)CC2)C1. The summed E-state index contributed by atoms with van der Waals surface area (Å²) in [4.78, 5) is 27.7. The molecule has 2 fully saturated rings. The van der Waals surface area contributed by atoms with E-state index < -0.39 is 11.4 Å². The van der Waals surface area contributed by atoms with Crippen LogP contribution >= 0.6 is 0 Å². The highest BCUT2D eigenvalue weighted by Crippen LogP contribution is 2.34. The van der Waals surface area contributed by atoms with Crippen molar-refractivity contribution in [1.82, 2.24) is 9.80 Å². The third kappa shape index (κ3) is 3.48. The molecule has 1 atom stereocenters. The van der Waals surface area contributed by atoms with Crippen LogP contribution in [0.4, 0.5) is 4.79 Å². The van der Waals surface area contributed by atoms with Crippen LogP contribution in [0.5, 0.6) is 0 Å². The maximum absolute atomic E-state index is 12.6. The normalized spacial score (nSPS) is 25.0. The topological polar surface area (TPSA) is 86.9 Å². The summed E-state index contributed by atoms with van der Waals surface area (Å²) >= 11 is 0. The van der Waals surface area contributed by atoms with E-state index in [4.69, 9.17) is 5.73 Å². The van der Waals surface area contributed by atoms with Gasteiger partial charge in [-0.2, -0.15) is 0 Å². The molecule has 120 valence electrons. The summed E-state index contributed by atoms with van der Waals surface area (Å²) in [7, 11) is 0. The average Bonchev–Trinajstić information content (AvgIpc) is 2.47. The molecule has 2 rings (SSSR count). The van der Waals surface area contributed by atoms with Crippen LogP contribution in [0, 0.1) is 11.3 Å². The van der Waals surface area contributed by atoms with E-state index in [1.807, 2.05) is 9.80 Å². The predicted molar refractivity (Wildman–Crippen MR) is 79.9 cm³/mol. The van der Waals surface area contributed by atoms with E-state index in [1.54, 1.807) is 13.8 Å². The number of carbonyl (C=O) groups excluding carboxylic acids is 1. The van der Waals surface area contributed by atoms with Crippen LogP contribution in [0.2, 0.25) is 0 Å². The lowest BCUT2D eigenvalue weighted by Gasteiger charge is -2.42. The summed E-state index contributed by atoms with van der Waals surface area (Å²) < 4.78 is 0. The molecule has 2 aliphatic rings. The Bertz CT molecular complexity index is 403. The van der Waals surface area contributed by atoms with Gasteiger partial charge in [0.15, 0.2) is 0 Å². The number of hydrogen-bond acceptors (Lipinski definition) is 3. The van der Waals surface area contributed by atoms with Gasteiger partial charge in [-0.3, -0.25) is 4.79 Å². The van der Waals surface area contributed by atoms with E-state index in [-0.39, 0.29) is 18.0 Å². The molecule has 2 aliphatic heterocycles. The van der Waals surface area contributed by atoms with Crippen molar-refractivity contribution < 1.29 is 14.7 Å². The largest absolute Gasteiger partial charge is 0.481 e. The molecule has 6 heteroatoms. The lowest BCUT2D eigenvalue weighted by atomic mass is 9.74. The number of carboxylic acids is 1. The summed E-state index contributed by atoms with van der Waals surface area (Å²) in [6.07, 6.45) is 3.45. The molecule has 1 unspecified atom stereocenters. The van der Waals surface area contributed by atoms with Crippen LogP contribution < -0.4 is 5.73 Å². The summed E-state index contributed by atoms with van der Waals surface area (Å²) in [5, 5.41) is 9.37. The molecule has 6 nitrogen and oxygen atoms in total. The zero-order chi connectivity index (χ0) is 15.6. The Morgan fingerprint density at radius 1 is 1.10 bits per heavy atom. The highest BCUT2D eigenvalue weighted by atomic mass is 16.4. The minimum atomic E-state index is -0.788. The van der Waals surface area contributed by atoms with Gasteiger partial charge in [0, 0.05) is 32.2 Å². The molecule has 3 N–H and O–H groups in total. The smallest absolute Gasteiger partial charge is 0.320 e. The summed E-state index contributed by atoms with van der Waals surface area (Å²) in [6.45, 7) is 6.21. The van der Waals surface area contributed by atoms with Gasteiger partial charge < -0.3 is 20.6 Å². The van der Waals surface area contributed by atoms with Gasteiger partial charge in [0.1, 0.15) is 0 Å². The average molecular weight is 297 g/mol. The molecular formula is C15H27N3O3. The van der Waals surface area contributed by atoms with Gasteiger partial charge in [-0.25, -0.2) is 4.79 Å². The Kier molecular flexibility index (Phi) is 4.76. The molecule has 0 spiro atoms. The number of aliphatic carboxylic acids is 1. The van der Waals surface area contributed by atoms with E-state index in [2.05, 4.69) is 0 Å². The third-order valence-electron chi connectivity index (χ3n) is 5.07. The van der Waals surface area contributed by atoms with Gasteiger partial charge in [-0.15, -0.1) is 0 Å². The van der Waals surface area contributed by atoms with E-state index in [1.165, 1.54) is 0 Å². The highest BCUT2D eigenvalue weighted by Gasteiger charge is 2.40. The van der Waals surface area contributed by atoms with Crippen molar-refractivity contribution in [2.75, 3.05) is 26.2 Å². The fraction of sp³-hybridized carbons (Fsp3) is 0.867. The molecule has 2 heterocycles. The maximum Gasteiger partial charge on any atom is 0.320 e. The van der Waals surface area contributed by atoms with Crippen LogP contribution in [0.3, 0.4) is 0 Å². The maximum atomic E-state index is 12.6. The first kappa shape index (κ1) is 16.1. The van der Waals surface area contributed by atoms with Gasteiger partial charge in [-0.1, -0.05) is 0 Å². The van der Waals surface area contributed by atoms with Crippen molar-refractivity contribution in [2.24, 2.45) is 17.1 Å². The Balaban J connectivity index is 1.97. The van der Waals surface area contributed by atoms with Crippen LogP contribution in [0.1, 0.15) is 39.5 Å². The Morgan fingerprint density at radius 3 is 2.29 bits per heavy atom. The van der Waals surface area contributed by atoms with Crippen LogP contribution in [-0.4, -0.2) is 59.1 Å². The number of carboxylic acid groups (broad SMARTS) is 1. The molecule has 0 bridgehead atoms. The minimum Gasteiger partial charge on any atom is -0.481 e. The van der Waals surface area contributed by atoms with Crippen molar-refractivity contribution in [1.29, 1.82) is 0 Å². The molecule has 2 saturated heterocycles. The molecule has 0 aromatic carbocycles. The molecule has 0 saturated carbocycles. The summed E-state index contributed by atoms with van der Waals surface area (Å²) in [5.41, 5.74) is 5.08. The van der Waals surface area contributed by atoms with Crippen LogP contribution in [0.15, 0.2) is 0 Å². The zero-order valence-electron chi connectivity index (χ0n) is 13.0. The number of piperidine rings is 2. The van der Waals surface area contributed by atoms with Crippen molar-refractivity contribution in [2.45, 2.75) is 45.6 Å². The lowest BCUT2D eigenvalue weighted by Crippen LogP contribution is -2.53. The molecular weight excluding hydrogens is 270 g/mol. The number of nitrogens with zero attached hydrogens (tertiary/aromatic N) is 2. The van der Waals surface area contributed by atoms with Gasteiger partial charge in [-0.05, 0) is 45.4 Å². The number of carbonyl (C=O) groups is 2. The van der Waals surface area contributed by atoms with Gasteiger partial charge in [0.2, 0.25) is 0 Å². The van der Waals surface area contributed by atoms with Crippen molar-refractivity contribution >= 4 is 12.0 Å². The number of hydrogen-bond donors (Lipinski definition) is 2. The van der Waals surface area contributed by atoms with E-state index in [0.717, 1.165) is 32.2 Å². The van der Waals surface area contributed by atoms with E-state index >= 15 is 0 Å².